The Bertz CT molecular complexity index is 550. The van der Waals surface area contributed by atoms with Crippen molar-refractivity contribution in [3.8, 4) is 16.9 Å². The summed E-state index contributed by atoms with van der Waals surface area (Å²) in [4.78, 5) is 0. The summed E-state index contributed by atoms with van der Waals surface area (Å²) in [7, 11) is 1.66. The number of hydrogen-bond acceptors (Lipinski definition) is 1. The van der Waals surface area contributed by atoms with Gasteiger partial charge in [-0.05, 0) is 36.2 Å². The predicted octanol–water partition coefficient (Wildman–Crippen LogP) is 4.98. The second-order valence-corrected chi connectivity index (χ2v) is 4.65. The lowest BCUT2D eigenvalue weighted by Gasteiger charge is -2.10. The summed E-state index contributed by atoms with van der Waals surface area (Å²) in [6.45, 7) is 2.03. The molecule has 1 nitrogen and oxygen atoms in total. The predicted molar refractivity (Wildman–Crippen MR) is 73.2 cm³/mol. The summed E-state index contributed by atoms with van der Waals surface area (Å²) in [5, 5.41) is 1.10. The summed E-state index contributed by atoms with van der Waals surface area (Å²) in [6.07, 6.45) is 0. The van der Waals surface area contributed by atoms with Crippen molar-refractivity contribution in [3.63, 3.8) is 0 Å². The van der Waals surface area contributed by atoms with Gasteiger partial charge in [0.05, 0.1) is 17.2 Å². The highest BCUT2D eigenvalue weighted by Crippen LogP contribution is 2.34. The van der Waals surface area contributed by atoms with Crippen molar-refractivity contribution < 1.29 is 4.74 Å². The van der Waals surface area contributed by atoms with Crippen LogP contribution in [0.4, 0.5) is 0 Å². The van der Waals surface area contributed by atoms with Gasteiger partial charge in [-0.3, -0.25) is 0 Å². The lowest BCUT2D eigenvalue weighted by atomic mass is 10.0. The van der Waals surface area contributed by atoms with Gasteiger partial charge in [0.1, 0.15) is 5.75 Å². The van der Waals surface area contributed by atoms with Crippen molar-refractivity contribution in [2.75, 3.05) is 7.11 Å². The molecule has 0 atom stereocenters. The minimum atomic E-state index is 0.548. The molecule has 88 valence electrons. The maximum Gasteiger partial charge on any atom is 0.126 e. The van der Waals surface area contributed by atoms with Crippen LogP contribution in [0.3, 0.4) is 0 Å². The number of aryl methyl sites for hydroxylation is 1. The van der Waals surface area contributed by atoms with Crippen LogP contribution in [-0.2, 0) is 0 Å². The molecule has 0 amide bonds. The normalized spacial score (nSPS) is 10.4. The van der Waals surface area contributed by atoms with E-state index in [1.165, 1.54) is 0 Å². The molecule has 0 aliphatic heterocycles. The molecular weight excluding hydrogens is 255 g/mol. The van der Waals surface area contributed by atoms with Crippen LogP contribution in [-0.4, -0.2) is 7.11 Å². The van der Waals surface area contributed by atoms with Crippen LogP contribution in [0.25, 0.3) is 11.1 Å². The third kappa shape index (κ3) is 2.56. The van der Waals surface area contributed by atoms with Crippen LogP contribution >= 0.6 is 23.2 Å². The molecule has 0 N–H and O–H groups in total. The van der Waals surface area contributed by atoms with Gasteiger partial charge < -0.3 is 4.74 Å². The molecule has 17 heavy (non-hydrogen) atoms. The van der Waals surface area contributed by atoms with Crippen molar-refractivity contribution in [2.24, 2.45) is 0 Å². The third-order valence-corrected chi connectivity index (χ3v) is 3.33. The monoisotopic (exact) mass is 266 g/mol. The third-order valence-electron chi connectivity index (χ3n) is 2.59. The van der Waals surface area contributed by atoms with Gasteiger partial charge in [-0.15, -0.1) is 0 Å². The molecule has 2 aromatic carbocycles. The number of hydrogen-bond donors (Lipinski definition) is 0. The van der Waals surface area contributed by atoms with E-state index in [0.29, 0.717) is 10.0 Å². The molecule has 0 saturated heterocycles. The smallest absolute Gasteiger partial charge is 0.126 e. The van der Waals surface area contributed by atoms with E-state index in [0.717, 1.165) is 22.4 Å². The first-order valence-electron chi connectivity index (χ1n) is 5.22. The zero-order valence-electron chi connectivity index (χ0n) is 9.63. The summed E-state index contributed by atoms with van der Waals surface area (Å²) in [5.41, 5.74) is 3.17. The molecule has 0 heterocycles. The van der Waals surface area contributed by atoms with E-state index < -0.39 is 0 Å². The van der Waals surface area contributed by atoms with E-state index in [-0.39, 0.29) is 0 Å². The lowest BCUT2D eigenvalue weighted by molar-refractivity contribution is 0.416. The number of ether oxygens (including phenoxy) is 1. The lowest BCUT2D eigenvalue weighted by Crippen LogP contribution is -1.89. The fraction of sp³-hybridized carbons (Fsp3) is 0.143. The molecular formula is C14H12Cl2O. The van der Waals surface area contributed by atoms with Crippen LogP contribution in [0.5, 0.6) is 5.75 Å². The highest BCUT2D eigenvalue weighted by Gasteiger charge is 2.07. The van der Waals surface area contributed by atoms with Crippen molar-refractivity contribution in [2.45, 2.75) is 6.92 Å². The first kappa shape index (κ1) is 12.3. The molecule has 0 radical (unpaired) electrons. The Hall–Kier alpha value is -1.18. The van der Waals surface area contributed by atoms with Crippen LogP contribution in [0, 0.1) is 6.92 Å². The SMILES string of the molecule is COc1cc(C)ccc1-c1ccc(Cl)c(Cl)c1. The molecule has 3 heteroatoms. The van der Waals surface area contributed by atoms with E-state index in [4.69, 9.17) is 27.9 Å². The maximum absolute atomic E-state index is 6.02. The molecule has 0 fully saturated rings. The number of rotatable bonds is 2. The largest absolute Gasteiger partial charge is 0.496 e. The molecule has 0 aromatic heterocycles. The maximum atomic E-state index is 6.02. The van der Waals surface area contributed by atoms with Gasteiger partial charge in [0, 0.05) is 5.56 Å². The average Bonchev–Trinajstić information content (AvgIpc) is 2.32. The molecule has 2 rings (SSSR count). The standard InChI is InChI=1S/C14H12Cl2O/c1-9-3-5-11(14(7-9)17-2)10-4-6-12(15)13(16)8-10/h3-8H,1-2H3. The number of methoxy groups -OCH3 is 1. The van der Waals surface area contributed by atoms with Gasteiger partial charge in [0.2, 0.25) is 0 Å². The first-order chi connectivity index (χ1) is 8.11. The molecule has 0 saturated carbocycles. The summed E-state index contributed by atoms with van der Waals surface area (Å²) < 4.78 is 5.37. The van der Waals surface area contributed by atoms with Gasteiger partial charge in [0.15, 0.2) is 0 Å². The average molecular weight is 267 g/mol. The highest BCUT2D eigenvalue weighted by molar-refractivity contribution is 6.42. The van der Waals surface area contributed by atoms with Crippen molar-refractivity contribution in [1.29, 1.82) is 0 Å². The zero-order valence-corrected chi connectivity index (χ0v) is 11.1. The Kier molecular flexibility index (Phi) is 3.60. The second kappa shape index (κ2) is 4.99. The molecule has 0 unspecified atom stereocenters. The first-order valence-corrected chi connectivity index (χ1v) is 5.97. The molecule has 2 aromatic rings. The van der Waals surface area contributed by atoms with Gasteiger partial charge in [-0.2, -0.15) is 0 Å². The van der Waals surface area contributed by atoms with E-state index in [1.807, 2.05) is 37.3 Å². The molecule has 0 aliphatic carbocycles. The van der Waals surface area contributed by atoms with Crippen molar-refractivity contribution in [1.82, 2.24) is 0 Å². The summed E-state index contributed by atoms with van der Waals surface area (Å²) in [6, 6.07) is 11.6. The fourth-order valence-electron chi connectivity index (χ4n) is 1.70. The van der Waals surface area contributed by atoms with E-state index in [9.17, 15) is 0 Å². The van der Waals surface area contributed by atoms with E-state index in [1.54, 1.807) is 13.2 Å². The number of benzene rings is 2. The van der Waals surface area contributed by atoms with E-state index >= 15 is 0 Å². The quantitative estimate of drug-likeness (QED) is 0.745. The Morgan fingerprint density at radius 1 is 0.941 bits per heavy atom. The highest BCUT2D eigenvalue weighted by atomic mass is 35.5. The molecule has 0 bridgehead atoms. The fourth-order valence-corrected chi connectivity index (χ4v) is 2.00. The van der Waals surface area contributed by atoms with Crippen molar-refractivity contribution in [3.05, 3.63) is 52.0 Å². The van der Waals surface area contributed by atoms with E-state index in [2.05, 4.69) is 0 Å². The Morgan fingerprint density at radius 3 is 2.35 bits per heavy atom. The molecule has 0 aliphatic rings. The van der Waals surface area contributed by atoms with Crippen LogP contribution in [0.2, 0.25) is 10.0 Å². The Morgan fingerprint density at radius 2 is 1.71 bits per heavy atom. The van der Waals surface area contributed by atoms with Gasteiger partial charge >= 0.3 is 0 Å². The van der Waals surface area contributed by atoms with Crippen LogP contribution < -0.4 is 4.74 Å². The summed E-state index contributed by atoms with van der Waals surface area (Å²) >= 11 is 11.9. The minimum Gasteiger partial charge on any atom is -0.496 e. The Labute approximate surface area is 111 Å². The zero-order chi connectivity index (χ0) is 12.4. The van der Waals surface area contributed by atoms with Gasteiger partial charge in [-0.1, -0.05) is 41.4 Å². The second-order valence-electron chi connectivity index (χ2n) is 3.83. The van der Waals surface area contributed by atoms with Gasteiger partial charge in [0.25, 0.3) is 0 Å². The van der Waals surface area contributed by atoms with Gasteiger partial charge in [-0.25, -0.2) is 0 Å². The van der Waals surface area contributed by atoms with Crippen LogP contribution in [0.15, 0.2) is 36.4 Å². The van der Waals surface area contributed by atoms with Crippen LogP contribution in [0.1, 0.15) is 5.56 Å². The minimum absolute atomic E-state index is 0.548. The Balaban J connectivity index is 2.55. The molecule has 0 spiro atoms. The number of halogens is 2. The summed E-state index contributed by atoms with van der Waals surface area (Å²) in [5.74, 6) is 0.836. The van der Waals surface area contributed by atoms with Crippen molar-refractivity contribution >= 4 is 23.2 Å². The topological polar surface area (TPSA) is 9.23 Å².